The molecule has 1 atom stereocenters. The number of benzene rings is 1. The molecule has 0 heterocycles. The molecule has 1 rings (SSSR count). The summed E-state index contributed by atoms with van der Waals surface area (Å²) in [5.74, 6) is 0. The first-order valence-corrected chi connectivity index (χ1v) is 3.88. The molecule has 1 nitrogen and oxygen atoms in total. The Hall–Kier alpha value is -1.34. The lowest BCUT2D eigenvalue weighted by Crippen LogP contribution is -2.06. The molecular weight excluding hydrogens is 146 g/mol. The molecular formula is C11H13N. The molecule has 1 unspecified atom stereocenters. The molecule has 0 aliphatic carbocycles. The Morgan fingerprint density at radius 1 is 1.33 bits per heavy atom. The van der Waals surface area contributed by atoms with Crippen molar-refractivity contribution in [3.05, 3.63) is 54.6 Å². The van der Waals surface area contributed by atoms with Gasteiger partial charge in [-0.3, -0.25) is 0 Å². The minimum absolute atomic E-state index is 0.0788. The van der Waals surface area contributed by atoms with Gasteiger partial charge in [0, 0.05) is 6.04 Å². The van der Waals surface area contributed by atoms with E-state index < -0.39 is 0 Å². The number of rotatable bonds is 3. The third kappa shape index (κ3) is 1.83. The molecule has 1 aromatic rings. The van der Waals surface area contributed by atoms with Crippen LogP contribution in [0.15, 0.2) is 43.5 Å². The molecule has 0 aliphatic rings. The van der Waals surface area contributed by atoms with Gasteiger partial charge in [-0.25, -0.2) is 0 Å². The Morgan fingerprint density at radius 2 is 2.08 bits per heavy atom. The van der Waals surface area contributed by atoms with E-state index in [2.05, 4.69) is 13.2 Å². The maximum absolute atomic E-state index is 5.77. The highest BCUT2D eigenvalue weighted by Gasteiger charge is 1.99. The van der Waals surface area contributed by atoms with E-state index >= 15 is 0 Å². The predicted molar refractivity (Wildman–Crippen MR) is 53.7 cm³/mol. The summed E-state index contributed by atoms with van der Waals surface area (Å²) in [6.07, 6.45) is 3.53. The molecule has 0 spiro atoms. The summed E-state index contributed by atoms with van der Waals surface area (Å²) in [7, 11) is 0. The summed E-state index contributed by atoms with van der Waals surface area (Å²) >= 11 is 0. The van der Waals surface area contributed by atoms with Crippen LogP contribution in [0.1, 0.15) is 17.2 Å². The Labute approximate surface area is 73.2 Å². The standard InChI is InChI=1S/C11H13N/c1-3-9-6-5-7-10(8-9)11(12)4-2/h3-8,11H,1-2,12H2. The summed E-state index contributed by atoms with van der Waals surface area (Å²) in [5.41, 5.74) is 7.92. The average Bonchev–Trinajstić information content (AvgIpc) is 2.17. The summed E-state index contributed by atoms with van der Waals surface area (Å²) in [5, 5.41) is 0. The average molecular weight is 159 g/mol. The van der Waals surface area contributed by atoms with Crippen LogP contribution in [-0.2, 0) is 0 Å². The highest BCUT2D eigenvalue weighted by Crippen LogP contribution is 2.13. The van der Waals surface area contributed by atoms with Crippen LogP contribution in [0, 0.1) is 0 Å². The Bertz CT molecular complexity index is 289. The predicted octanol–water partition coefficient (Wildman–Crippen LogP) is 2.52. The highest BCUT2D eigenvalue weighted by atomic mass is 14.6. The molecule has 1 heteroatoms. The summed E-state index contributed by atoms with van der Waals surface area (Å²) in [6, 6.07) is 7.88. The minimum Gasteiger partial charge on any atom is -0.321 e. The number of hydrogen-bond acceptors (Lipinski definition) is 1. The molecule has 0 bridgehead atoms. The van der Waals surface area contributed by atoms with Crippen molar-refractivity contribution in [1.29, 1.82) is 0 Å². The third-order valence-corrected chi connectivity index (χ3v) is 1.79. The van der Waals surface area contributed by atoms with E-state index in [4.69, 9.17) is 5.73 Å². The van der Waals surface area contributed by atoms with Crippen LogP contribution >= 0.6 is 0 Å². The van der Waals surface area contributed by atoms with Gasteiger partial charge in [0.05, 0.1) is 0 Å². The molecule has 2 N–H and O–H groups in total. The molecule has 0 saturated carbocycles. The van der Waals surface area contributed by atoms with Gasteiger partial charge in [0.2, 0.25) is 0 Å². The first-order valence-electron chi connectivity index (χ1n) is 3.88. The van der Waals surface area contributed by atoms with Gasteiger partial charge in [-0.05, 0) is 17.2 Å². The Kier molecular flexibility index (Phi) is 2.83. The Morgan fingerprint density at radius 3 is 2.67 bits per heavy atom. The lowest BCUT2D eigenvalue weighted by atomic mass is 10.0. The van der Waals surface area contributed by atoms with E-state index in [1.54, 1.807) is 12.2 Å². The van der Waals surface area contributed by atoms with E-state index in [1.807, 2.05) is 24.3 Å². The van der Waals surface area contributed by atoms with Gasteiger partial charge in [0.25, 0.3) is 0 Å². The lowest BCUT2D eigenvalue weighted by molar-refractivity contribution is 0.914. The lowest BCUT2D eigenvalue weighted by Gasteiger charge is -2.06. The van der Waals surface area contributed by atoms with Gasteiger partial charge >= 0.3 is 0 Å². The normalized spacial score (nSPS) is 12.1. The highest BCUT2D eigenvalue weighted by molar-refractivity contribution is 5.48. The largest absolute Gasteiger partial charge is 0.321 e. The zero-order valence-corrected chi connectivity index (χ0v) is 7.03. The fourth-order valence-corrected chi connectivity index (χ4v) is 1.03. The third-order valence-electron chi connectivity index (χ3n) is 1.79. The van der Waals surface area contributed by atoms with Crippen LogP contribution in [0.2, 0.25) is 0 Å². The zero-order valence-electron chi connectivity index (χ0n) is 7.03. The molecule has 0 radical (unpaired) electrons. The van der Waals surface area contributed by atoms with E-state index in [0.717, 1.165) is 11.1 Å². The van der Waals surface area contributed by atoms with Crippen molar-refractivity contribution in [3.63, 3.8) is 0 Å². The quantitative estimate of drug-likeness (QED) is 0.674. The molecule has 1 aromatic carbocycles. The molecule has 62 valence electrons. The van der Waals surface area contributed by atoms with Crippen LogP contribution in [0.4, 0.5) is 0 Å². The number of hydrogen-bond donors (Lipinski definition) is 1. The van der Waals surface area contributed by atoms with Crippen molar-refractivity contribution in [2.75, 3.05) is 0 Å². The Balaban J connectivity index is 3.00. The molecule has 0 amide bonds. The smallest absolute Gasteiger partial charge is 0.0478 e. The van der Waals surface area contributed by atoms with Crippen LogP contribution < -0.4 is 5.73 Å². The summed E-state index contributed by atoms with van der Waals surface area (Å²) < 4.78 is 0. The topological polar surface area (TPSA) is 26.0 Å². The minimum atomic E-state index is -0.0788. The molecule has 0 aliphatic heterocycles. The van der Waals surface area contributed by atoms with Crippen LogP contribution in [0.5, 0.6) is 0 Å². The van der Waals surface area contributed by atoms with Gasteiger partial charge in [0.1, 0.15) is 0 Å². The second kappa shape index (κ2) is 3.88. The fourth-order valence-electron chi connectivity index (χ4n) is 1.03. The van der Waals surface area contributed by atoms with Crippen LogP contribution in [0.3, 0.4) is 0 Å². The van der Waals surface area contributed by atoms with Gasteiger partial charge < -0.3 is 5.73 Å². The first kappa shape index (κ1) is 8.75. The summed E-state index contributed by atoms with van der Waals surface area (Å²) in [4.78, 5) is 0. The van der Waals surface area contributed by atoms with Gasteiger partial charge in [-0.1, -0.05) is 36.9 Å². The zero-order chi connectivity index (χ0) is 8.97. The van der Waals surface area contributed by atoms with Crippen molar-refractivity contribution in [2.24, 2.45) is 5.73 Å². The van der Waals surface area contributed by atoms with Crippen molar-refractivity contribution >= 4 is 6.08 Å². The maximum Gasteiger partial charge on any atom is 0.0478 e. The van der Waals surface area contributed by atoms with E-state index in [0.29, 0.717) is 0 Å². The SMILES string of the molecule is C=Cc1cccc(C(N)C=C)c1. The fraction of sp³-hybridized carbons (Fsp3) is 0.0909. The van der Waals surface area contributed by atoms with E-state index in [1.165, 1.54) is 0 Å². The molecule has 0 saturated heterocycles. The van der Waals surface area contributed by atoms with Crippen LogP contribution in [-0.4, -0.2) is 0 Å². The molecule has 0 fully saturated rings. The van der Waals surface area contributed by atoms with E-state index in [9.17, 15) is 0 Å². The number of nitrogens with two attached hydrogens (primary N) is 1. The molecule has 12 heavy (non-hydrogen) atoms. The van der Waals surface area contributed by atoms with Crippen molar-refractivity contribution in [2.45, 2.75) is 6.04 Å². The van der Waals surface area contributed by atoms with Gasteiger partial charge in [0.15, 0.2) is 0 Å². The van der Waals surface area contributed by atoms with Gasteiger partial charge in [-0.2, -0.15) is 0 Å². The second-order valence-corrected chi connectivity index (χ2v) is 2.64. The first-order chi connectivity index (χ1) is 5.77. The monoisotopic (exact) mass is 159 g/mol. The van der Waals surface area contributed by atoms with Gasteiger partial charge in [-0.15, -0.1) is 6.58 Å². The van der Waals surface area contributed by atoms with Crippen LogP contribution in [0.25, 0.3) is 6.08 Å². The van der Waals surface area contributed by atoms with E-state index in [-0.39, 0.29) is 6.04 Å². The summed E-state index contributed by atoms with van der Waals surface area (Å²) in [6.45, 7) is 7.33. The maximum atomic E-state index is 5.77. The van der Waals surface area contributed by atoms with Crippen molar-refractivity contribution in [1.82, 2.24) is 0 Å². The van der Waals surface area contributed by atoms with Crippen molar-refractivity contribution in [3.8, 4) is 0 Å². The molecule has 0 aromatic heterocycles. The van der Waals surface area contributed by atoms with Crippen molar-refractivity contribution < 1.29 is 0 Å². The second-order valence-electron chi connectivity index (χ2n) is 2.64.